The Bertz CT molecular complexity index is 1390. The van der Waals surface area contributed by atoms with Gasteiger partial charge in [0.05, 0.1) is 17.8 Å². The standard InChI is InChI=1S/C29H31N5OS/c1-29(2,3)33-17-14-21(19-33)27-26(24-12-6-7-16-30-24)32-28(36)34(27)18-15-25(35)31-23-13-8-10-20-9-4-5-11-22(20)23/h4-14,16-17,19,26-27H,15,18H2,1-3H3,(H,31,35)(H,32,36)/t26-,27+/m0/s1. The summed E-state index contributed by atoms with van der Waals surface area (Å²) in [5, 5.41) is 9.33. The Morgan fingerprint density at radius 3 is 2.58 bits per heavy atom. The molecular weight excluding hydrogens is 466 g/mol. The van der Waals surface area contributed by atoms with Gasteiger partial charge >= 0.3 is 0 Å². The lowest BCUT2D eigenvalue weighted by Gasteiger charge is -2.27. The van der Waals surface area contributed by atoms with Crippen molar-refractivity contribution in [2.45, 2.75) is 44.8 Å². The Labute approximate surface area is 217 Å². The summed E-state index contributed by atoms with van der Waals surface area (Å²) in [5.41, 5.74) is 2.86. The van der Waals surface area contributed by atoms with E-state index in [0.29, 0.717) is 18.1 Å². The number of carbonyl (C=O) groups excluding carboxylic acids is 1. The molecular formula is C29H31N5OS. The summed E-state index contributed by atoms with van der Waals surface area (Å²) in [6.45, 7) is 7.04. The quantitative estimate of drug-likeness (QED) is 0.330. The summed E-state index contributed by atoms with van der Waals surface area (Å²) in [5.74, 6) is -0.0403. The molecule has 0 aliphatic carbocycles. The second-order valence-electron chi connectivity index (χ2n) is 10.2. The minimum absolute atomic E-state index is 0.0333. The SMILES string of the molecule is CC(C)(C)n1ccc([C@@H]2[C@H](c3ccccn3)NC(=S)N2CCC(=O)Nc2cccc3ccccc23)c1. The second kappa shape index (κ2) is 9.74. The van der Waals surface area contributed by atoms with Crippen molar-refractivity contribution in [3.8, 4) is 0 Å². The summed E-state index contributed by atoms with van der Waals surface area (Å²) in [4.78, 5) is 19.8. The van der Waals surface area contributed by atoms with Gasteiger partial charge in [0.25, 0.3) is 0 Å². The number of nitrogens with one attached hydrogen (secondary N) is 2. The van der Waals surface area contributed by atoms with Crippen LogP contribution in [0.2, 0.25) is 0 Å². The molecule has 0 saturated carbocycles. The Hall–Kier alpha value is -3.71. The topological polar surface area (TPSA) is 62.2 Å². The molecule has 2 N–H and O–H groups in total. The van der Waals surface area contributed by atoms with E-state index in [4.69, 9.17) is 12.2 Å². The van der Waals surface area contributed by atoms with E-state index >= 15 is 0 Å². The minimum atomic E-state index is -0.101. The zero-order chi connectivity index (χ0) is 25.3. The molecule has 4 aromatic rings. The van der Waals surface area contributed by atoms with E-state index in [0.717, 1.165) is 27.7 Å². The highest BCUT2D eigenvalue weighted by Crippen LogP contribution is 2.39. The number of fused-ring (bicyclic) bond motifs is 1. The third kappa shape index (κ3) is 4.84. The molecule has 1 aliphatic rings. The molecule has 0 spiro atoms. The first-order chi connectivity index (χ1) is 17.3. The van der Waals surface area contributed by atoms with Gasteiger partial charge in [0.15, 0.2) is 5.11 Å². The van der Waals surface area contributed by atoms with E-state index in [1.807, 2.05) is 60.7 Å². The second-order valence-corrected chi connectivity index (χ2v) is 10.6. The predicted molar refractivity (Wildman–Crippen MR) is 149 cm³/mol. The van der Waals surface area contributed by atoms with Crippen LogP contribution in [0.1, 0.15) is 50.5 Å². The number of hydrogen-bond donors (Lipinski definition) is 2. The molecule has 2 aromatic heterocycles. The van der Waals surface area contributed by atoms with Gasteiger partial charge < -0.3 is 20.1 Å². The van der Waals surface area contributed by atoms with Crippen LogP contribution in [0.15, 0.2) is 85.3 Å². The molecule has 6 nitrogen and oxygen atoms in total. The van der Waals surface area contributed by atoms with Gasteiger partial charge in [-0.1, -0.05) is 42.5 Å². The van der Waals surface area contributed by atoms with Crippen molar-refractivity contribution in [2.75, 3.05) is 11.9 Å². The first-order valence-corrected chi connectivity index (χ1v) is 12.7. The van der Waals surface area contributed by atoms with E-state index in [1.165, 1.54) is 0 Å². The summed E-state index contributed by atoms with van der Waals surface area (Å²) in [6.07, 6.45) is 6.41. The number of benzene rings is 2. The van der Waals surface area contributed by atoms with Crippen LogP contribution in [-0.4, -0.2) is 32.0 Å². The van der Waals surface area contributed by atoms with Crippen LogP contribution in [0, 0.1) is 0 Å². The van der Waals surface area contributed by atoms with E-state index in [-0.39, 0.29) is 23.5 Å². The molecule has 1 aliphatic heterocycles. The van der Waals surface area contributed by atoms with Crippen molar-refractivity contribution in [2.24, 2.45) is 0 Å². The maximum absolute atomic E-state index is 13.0. The Morgan fingerprint density at radius 2 is 1.83 bits per heavy atom. The predicted octanol–water partition coefficient (Wildman–Crippen LogP) is 5.79. The number of rotatable bonds is 6. The fourth-order valence-corrected chi connectivity index (χ4v) is 5.12. The largest absolute Gasteiger partial charge is 0.352 e. The maximum atomic E-state index is 13.0. The van der Waals surface area contributed by atoms with Crippen molar-refractivity contribution in [3.05, 3.63) is 96.6 Å². The van der Waals surface area contributed by atoms with Gasteiger partial charge in [-0.05, 0) is 68.2 Å². The lowest BCUT2D eigenvalue weighted by molar-refractivity contribution is -0.116. The van der Waals surface area contributed by atoms with Crippen molar-refractivity contribution in [3.63, 3.8) is 0 Å². The molecule has 5 rings (SSSR count). The molecule has 184 valence electrons. The molecule has 7 heteroatoms. The van der Waals surface area contributed by atoms with E-state index in [2.05, 4.69) is 64.3 Å². The van der Waals surface area contributed by atoms with Gasteiger partial charge in [-0.2, -0.15) is 0 Å². The number of pyridine rings is 1. The molecule has 2 aromatic carbocycles. The number of anilines is 1. The van der Waals surface area contributed by atoms with Gasteiger partial charge in [0.2, 0.25) is 5.91 Å². The Morgan fingerprint density at radius 1 is 1.06 bits per heavy atom. The van der Waals surface area contributed by atoms with E-state index in [9.17, 15) is 4.79 Å². The summed E-state index contributed by atoms with van der Waals surface area (Å²) < 4.78 is 2.21. The van der Waals surface area contributed by atoms with Crippen LogP contribution >= 0.6 is 12.2 Å². The van der Waals surface area contributed by atoms with E-state index < -0.39 is 0 Å². The summed E-state index contributed by atoms with van der Waals surface area (Å²) >= 11 is 5.77. The van der Waals surface area contributed by atoms with Gasteiger partial charge in [0, 0.05) is 48.2 Å². The number of amides is 1. The van der Waals surface area contributed by atoms with Crippen LogP contribution < -0.4 is 10.6 Å². The summed E-state index contributed by atoms with van der Waals surface area (Å²) in [6, 6.07) is 21.9. The van der Waals surface area contributed by atoms with E-state index in [1.54, 1.807) is 6.20 Å². The van der Waals surface area contributed by atoms with Crippen molar-refractivity contribution in [1.82, 2.24) is 19.8 Å². The molecule has 1 amide bonds. The van der Waals surface area contributed by atoms with Crippen LogP contribution in [0.3, 0.4) is 0 Å². The normalized spacial score (nSPS) is 17.9. The molecule has 1 saturated heterocycles. The van der Waals surface area contributed by atoms with Crippen molar-refractivity contribution >= 4 is 39.7 Å². The fraction of sp³-hybridized carbons (Fsp3) is 0.276. The number of nitrogens with zero attached hydrogens (tertiary/aromatic N) is 3. The molecule has 0 radical (unpaired) electrons. The van der Waals surface area contributed by atoms with Gasteiger partial charge in [-0.25, -0.2) is 0 Å². The monoisotopic (exact) mass is 497 g/mol. The Kier molecular flexibility index (Phi) is 6.49. The molecule has 0 bridgehead atoms. The highest BCUT2D eigenvalue weighted by molar-refractivity contribution is 7.80. The zero-order valence-corrected chi connectivity index (χ0v) is 21.6. The summed E-state index contributed by atoms with van der Waals surface area (Å²) in [7, 11) is 0. The minimum Gasteiger partial charge on any atom is -0.352 e. The average molecular weight is 498 g/mol. The first-order valence-electron chi connectivity index (χ1n) is 12.3. The van der Waals surface area contributed by atoms with Gasteiger partial charge in [0.1, 0.15) is 0 Å². The third-order valence-corrected chi connectivity index (χ3v) is 7.03. The molecule has 3 heterocycles. The van der Waals surface area contributed by atoms with Crippen molar-refractivity contribution < 1.29 is 4.79 Å². The Balaban J connectivity index is 1.38. The number of carbonyl (C=O) groups is 1. The number of hydrogen-bond acceptors (Lipinski definition) is 3. The van der Waals surface area contributed by atoms with Gasteiger partial charge in [-0.3, -0.25) is 9.78 Å². The lowest BCUT2D eigenvalue weighted by Crippen LogP contribution is -2.32. The molecule has 2 atom stereocenters. The molecule has 1 fully saturated rings. The molecule has 0 unspecified atom stereocenters. The van der Waals surface area contributed by atoms with Crippen molar-refractivity contribution in [1.29, 1.82) is 0 Å². The number of thiocarbonyl (C=S) groups is 1. The van der Waals surface area contributed by atoms with Crippen LogP contribution in [0.5, 0.6) is 0 Å². The lowest BCUT2D eigenvalue weighted by atomic mass is 9.99. The molecule has 36 heavy (non-hydrogen) atoms. The van der Waals surface area contributed by atoms with Crippen LogP contribution in [-0.2, 0) is 10.3 Å². The van der Waals surface area contributed by atoms with Gasteiger partial charge in [-0.15, -0.1) is 0 Å². The zero-order valence-electron chi connectivity index (χ0n) is 20.8. The smallest absolute Gasteiger partial charge is 0.226 e. The fourth-order valence-electron chi connectivity index (χ4n) is 4.78. The number of aromatic nitrogens is 2. The maximum Gasteiger partial charge on any atom is 0.226 e. The highest BCUT2D eigenvalue weighted by Gasteiger charge is 2.40. The highest BCUT2D eigenvalue weighted by atomic mass is 32.1. The third-order valence-electron chi connectivity index (χ3n) is 6.67. The first kappa shape index (κ1) is 24.0. The van der Waals surface area contributed by atoms with Crippen LogP contribution in [0.4, 0.5) is 5.69 Å². The van der Waals surface area contributed by atoms with Crippen LogP contribution in [0.25, 0.3) is 10.8 Å². The average Bonchev–Trinajstić information content (AvgIpc) is 3.48.